The van der Waals surface area contributed by atoms with Crippen LogP contribution in [0.5, 0.6) is 0 Å². The summed E-state index contributed by atoms with van der Waals surface area (Å²) in [6.07, 6.45) is 4.13. The molecule has 0 amide bonds. The lowest BCUT2D eigenvalue weighted by Crippen LogP contribution is -2.42. The molecule has 0 unspecified atom stereocenters. The van der Waals surface area contributed by atoms with Gasteiger partial charge in [0.1, 0.15) is 33.0 Å². The third kappa shape index (κ3) is 5.46. The van der Waals surface area contributed by atoms with Gasteiger partial charge in [0.25, 0.3) is 0 Å². The van der Waals surface area contributed by atoms with E-state index >= 15 is 0 Å². The first-order chi connectivity index (χ1) is 18.7. The maximum absolute atomic E-state index is 14.1. The fraction of sp³-hybridized carbons (Fsp3) is 0.400. The van der Waals surface area contributed by atoms with Gasteiger partial charge in [-0.15, -0.1) is 0 Å². The smallest absolute Gasteiger partial charge is 0.244 e. The number of pyridine rings is 1. The van der Waals surface area contributed by atoms with Crippen molar-refractivity contribution in [3.8, 4) is 0 Å². The third-order valence-electron chi connectivity index (χ3n) is 7.07. The van der Waals surface area contributed by atoms with Crippen LogP contribution in [0.4, 0.5) is 25.5 Å². The van der Waals surface area contributed by atoms with Crippen LogP contribution in [0.1, 0.15) is 40.9 Å². The molecule has 2 saturated heterocycles. The lowest BCUT2D eigenvalue weighted by molar-refractivity contribution is 0.103. The maximum Gasteiger partial charge on any atom is 0.244 e. The van der Waals surface area contributed by atoms with Gasteiger partial charge < -0.3 is 21.1 Å². The molecule has 208 valence electrons. The molecule has 0 aliphatic carbocycles. The van der Waals surface area contributed by atoms with Gasteiger partial charge in [-0.3, -0.25) is 4.79 Å². The van der Waals surface area contributed by atoms with E-state index in [4.69, 9.17) is 5.73 Å². The second kappa shape index (κ2) is 11.1. The van der Waals surface area contributed by atoms with Crippen molar-refractivity contribution in [3.05, 3.63) is 58.6 Å². The first-order valence-corrected chi connectivity index (χ1v) is 14.8. The van der Waals surface area contributed by atoms with Crippen molar-refractivity contribution in [2.24, 2.45) is 0 Å². The summed E-state index contributed by atoms with van der Waals surface area (Å²) in [5.41, 5.74) is 5.19. The highest BCUT2D eigenvalue weighted by Gasteiger charge is 2.32. The Bertz CT molecular complexity index is 1440. The van der Waals surface area contributed by atoms with E-state index in [1.807, 2.05) is 4.90 Å². The van der Waals surface area contributed by atoms with E-state index in [9.17, 15) is 27.1 Å². The Balaban J connectivity index is 1.21. The average Bonchev–Trinajstić information content (AvgIpc) is 3.55. The van der Waals surface area contributed by atoms with Gasteiger partial charge in [-0.05, 0) is 49.9 Å². The molecule has 14 heteroatoms. The fourth-order valence-corrected chi connectivity index (χ4v) is 7.29. The molecule has 10 nitrogen and oxygen atoms in total. The molecule has 1 aromatic carbocycles. The van der Waals surface area contributed by atoms with E-state index in [2.05, 4.69) is 15.3 Å². The van der Waals surface area contributed by atoms with Gasteiger partial charge in [-0.2, -0.15) is 4.31 Å². The number of aliphatic hydroxyl groups excluding tert-OH is 1. The zero-order valence-corrected chi connectivity index (χ0v) is 22.5. The predicted octanol–water partition coefficient (Wildman–Crippen LogP) is 2.86. The van der Waals surface area contributed by atoms with Gasteiger partial charge in [-0.25, -0.2) is 27.2 Å². The van der Waals surface area contributed by atoms with E-state index in [-0.39, 0.29) is 47.4 Å². The van der Waals surface area contributed by atoms with Crippen LogP contribution < -0.4 is 16.0 Å². The summed E-state index contributed by atoms with van der Waals surface area (Å²) in [4.78, 5) is 23.2. The lowest BCUT2D eigenvalue weighted by Gasteiger charge is -2.31. The SMILES string of the molecule is Nc1nc(NC2CCN(S(=O)(=O)c3ccc(N4CCC[C@H]4CO)nc3)CC2)sc1C(=O)c1c(F)cccc1F. The number of halogens is 2. The molecule has 2 aromatic heterocycles. The summed E-state index contributed by atoms with van der Waals surface area (Å²) in [6, 6.07) is 6.25. The molecule has 39 heavy (non-hydrogen) atoms. The quantitative estimate of drug-likeness (QED) is 0.344. The van der Waals surface area contributed by atoms with Gasteiger partial charge in [0, 0.05) is 31.9 Å². The van der Waals surface area contributed by atoms with E-state index in [0.29, 0.717) is 23.8 Å². The number of nitrogens with two attached hydrogens (primary N) is 1. The Morgan fingerprint density at radius 2 is 1.85 bits per heavy atom. The van der Waals surface area contributed by atoms with Crippen molar-refractivity contribution in [1.82, 2.24) is 14.3 Å². The molecule has 5 rings (SSSR count). The number of hydrogen-bond donors (Lipinski definition) is 3. The number of carbonyl (C=O) groups excluding carboxylic acids is 1. The summed E-state index contributed by atoms with van der Waals surface area (Å²) in [5.74, 6) is -2.33. The number of nitrogens with one attached hydrogen (secondary N) is 1. The Morgan fingerprint density at radius 3 is 2.49 bits per heavy atom. The summed E-state index contributed by atoms with van der Waals surface area (Å²) < 4.78 is 56.0. The first-order valence-electron chi connectivity index (χ1n) is 12.5. The van der Waals surface area contributed by atoms with Crippen LogP contribution in [0, 0.1) is 11.6 Å². The number of rotatable bonds is 8. The fourth-order valence-electron chi connectivity index (χ4n) is 4.97. The van der Waals surface area contributed by atoms with Crippen molar-refractivity contribution >= 4 is 43.9 Å². The molecule has 0 bridgehead atoms. The minimum absolute atomic E-state index is 0.00505. The Morgan fingerprint density at radius 1 is 1.13 bits per heavy atom. The first kappa shape index (κ1) is 27.4. The second-order valence-electron chi connectivity index (χ2n) is 9.51. The molecule has 0 saturated carbocycles. The topological polar surface area (TPSA) is 142 Å². The number of sulfonamides is 1. The van der Waals surface area contributed by atoms with Crippen LogP contribution in [0.3, 0.4) is 0 Å². The summed E-state index contributed by atoms with van der Waals surface area (Å²) in [5, 5.41) is 13.0. The second-order valence-corrected chi connectivity index (χ2v) is 12.4. The van der Waals surface area contributed by atoms with Crippen molar-refractivity contribution in [1.29, 1.82) is 0 Å². The van der Waals surface area contributed by atoms with Gasteiger partial charge in [0.2, 0.25) is 15.8 Å². The van der Waals surface area contributed by atoms with Crippen molar-refractivity contribution in [3.63, 3.8) is 0 Å². The monoisotopic (exact) mass is 578 g/mol. The lowest BCUT2D eigenvalue weighted by atomic mass is 10.1. The summed E-state index contributed by atoms with van der Waals surface area (Å²) in [7, 11) is -3.74. The number of carbonyl (C=O) groups is 1. The molecule has 0 spiro atoms. The van der Waals surface area contributed by atoms with Crippen LogP contribution in [0.15, 0.2) is 41.4 Å². The molecule has 2 fully saturated rings. The van der Waals surface area contributed by atoms with Gasteiger partial charge >= 0.3 is 0 Å². The number of anilines is 3. The van der Waals surface area contributed by atoms with Crippen LogP contribution >= 0.6 is 11.3 Å². The molecule has 0 radical (unpaired) electrons. The molecule has 4 N–H and O–H groups in total. The number of benzene rings is 1. The van der Waals surface area contributed by atoms with Crippen LogP contribution in [0.2, 0.25) is 0 Å². The number of ketones is 1. The number of aliphatic hydroxyl groups is 1. The Kier molecular flexibility index (Phi) is 7.80. The van der Waals surface area contributed by atoms with E-state index in [1.165, 1.54) is 16.6 Å². The van der Waals surface area contributed by atoms with E-state index in [1.54, 1.807) is 12.1 Å². The molecular formula is C25H28F2N6O4S2. The predicted molar refractivity (Wildman–Crippen MR) is 143 cm³/mol. The number of piperidine rings is 1. The Labute approximate surface area is 228 Å². The molecule has 3 aromatic rings. The zero-order valence-electron chi connectivity index (χ0n) is 20.9. The molecular weight excluding hydrogens is 550 g/mol. The number of thiazole rings is 1. The summed E-state index contributed by atoms with van der Waals surface area (Å²) in [6.45, 7) is 1.31. The number of nitrogen functional groups attached to an aromatic ring is 1. The van der Waals surface area contributed by atoms with Crippen molar-refractivity contribution in [2.75, 3.05) is 42.2 Å². The normalized spacial score (nSPS) is 18.9. The minimum atomic E-state index is -3.74. The molecule has 2 aliphatic rings. The number of aromatic nitrogens is 2. The number of hydrogen-bond acceptors (Lipinski definition) is 10. The molecule has 2 aliphatic heterocycles. The third-order valence-corrected chi connectivity index (χ3v) is 9.95. The highest BCUT2D eigenvalue weighted by Crippen LogP contribution is 2.31. The Hall–Kier alpha value is -3.20. The summed E-state index contributed by atoms with van der Waals surface area (Å²) >= 11 is 0.900. The minimum Gasteiger partial charge on any atom is -0.394 e. The standard InChI is InChI=1S/C25H28F2N6O4S2/c26-18-4-1-5-19(27)21(18)22(35)23-24(28)31-25(38-23)30-15-8-11-32(12-9-15)39(36,37)17-6-7-20(29-13-17)33-10-2-3-16(33)14-34/h1,4-7,13,15-16,34H,2-3,8-12,14,28H2,(H,30,31)/t16-/m0/s1. The molecule has 1 atom stereocenters. The van der Waals surface area contributed by atoms with Crippen LogP contribution in [-0.2, 0) is 10.0 Å². The largest absolute Gasteiger partial charge is 0.394 e. The highest BCUT2D eigenvalue weighted by atomic mass is 32.2. The highest BCUT2D eigenvalue weighted by molar-refractivity contribution is 7.89. The van der Waals surface area contributed by atoms with Crippen LogP contribution in [0.25, 0.3) is 0 Å². The maximum atomic E-state index is 14.1. The van der Waals surface area contributed by atoms with Crippen LogP contribution in [-0.4, -0.2) is 71.9 Å². The number of nitrogens with zero attached hydrogens (tertiary/aromatic N) is 4. The van der Waals surface area contributed by atoms with Crippen molar-refractivity contribution in [2.45, 2.75) is 42.7 Å². The van der Waals surface area contributed by atoms with E-state index in [0.717, 1.165) is 42.9 Å². The van der Waals surface area contributed by atoms with Gasteiger partial charge in [0.05, 0.1) is 18.2 Å². The van der Waals surface area contributed by atoms with E-state index < -0.39 is 33.0 Å². The molecule has 4 heterocycles. The average molecular weight is 579 g/mol. The zero-order chi connectivity index (χ0) is 27.7. The van der Waals surface area contributed by atoms with Crippen molar-refractivity contribution < 1.29 is 27.1 Å². The van der Waals surface area contributed by atoms with Gasteiger partial charge in [0.15, 0.2) is 5.13 Å². The van der Waals surface area contributed by atoms with Gasteiger partial charge in [-0.1, -0.05) is 17.4 Å².